The molecule has 252 valence electrons. The van der Waals surface area contributed by atoms with Crippen LogP contribution in [0.4, 0.5) is 4.79 Å². The van der Waals surface area contributed by atoms with Gasteiger partial charge in [-0.05, 0) is 32.6 Å². The molecule has 0 aliphatic carbocycles. The van der Waals surface area contributed by atoms with Crippen molar-refractivity contribution in [1.29, 1.82) is 0 Å². The van der Waals surface area contributed by atoms with E-state index in [4.69, 9.17) is 14.6 Å². The van der Waals surface area contributed by atoms with Gasteiger partial charge < -0.3 is 45.2 Å². The van der Waals surface area contributed by atoms with Gasteiger partial charge in [0.1, 0.15) is 5.54 Å². The molecule has 2 aliphatic rings. The Kier molecular flexibility index (Phi) is 14.3. The summed E-state index contributed by atoms with van der Waals surface area (Å²) in [6.45, 7) is 9.92. The summed E-state index contributed by atoms with van der Waals surface area (Å²) in [5.74, 6) is -1.59. The number of amides is 6. The summed E-state index contributed by atoms with van der Waals surface area (Å²) in [6, 6.07) is -1.27. The maximum atomic E-state index is 13.8. The maximum absolute atomic E-state index is 13.8. The Hall–Kier alpha value is -2.97. The molecule has 2 rings (SSSR count). The van der Waals surface area contributed by atoms with Crippen LogP contribution in [-0.2, 0) is 28.7 Å². The summed E-state index contributed by atoms with van der Waals surface area (Å²) in [7, 11) is 4.69. The van der Waals surface area contributed by atoms with Gasteiger partial charge in [-0.15, -0.1) is 0 Å². The van der Waals surface area contributed by atoms with E-state index >= 15 is 0 Å². The van der Waals surface area contributed by atoms with Gasteiger partial charge in [0.25, 0.3) is 0 Å². The molecule has 0 saturated carbocycles. The number of likely N-dealkylation sites (N-methyl/N-ethyl adjacent to an activating group) is 1. The van der Waals surface area contributed by atoms with Crippen LogP contribution in [0.15, 0.2) is 0 Å². The van der Waals surface area contributed by atoms with Gasteiger partial charge in [0.15, 0.2) is 0 Å². The largest absolute Gasteiger partial charge is 0.395 e. The zero-order valence-electron chi connectivity index (χ0n) is 27.7. The van der Waals surface area contributed by atoms with E-state index in [2.05, 4.69) is 16.0 Å². The van der Waals surface area contributed by atoms with Crippen LogP contribution in [-0.4, -0.2) is 140 Å². The van der Waals surface area contributed by atoms with Crippen LogP contribution in [0, 0.1) is 11.8 Å². The summed E-state index contributed by atoms with van der Waals surface area (Å²) in [6.07, 6.45) is 1.03. The minimum Gasteiger partial charge on any atom is -0.395 e. The van der Waals surface area contributed by atoms with E-state index in [1.807, 2.05) is 13.8 Å². The molecule has 2 heterocycles. The molecule has 6 amide bonds. The highest BCUT2D eigenvalue weighted by Gasteiger charge is 2.43. The number of piperazine rings is 1. The van der Waals surface area contributed by atoms with Gasteiger partial charge in [-0.25, -0.2) is 4.79 Å². The van der Waals surface area contributed by atoms with Crippen LogP contribution in [0.3, 0.4) is 0 Å². The zero-order valence-corrected chi connectivity index (χ0v) is 27.7. The highest BCUT2D eigenvalue weighted by atomic mass is 16.5. The molecule has 14 heteroatoms. The second kappa shape index (κ2) is 16.9. The number of nitrogens with zero attached hydrogens (tertiary/aromatic N) is 3. The van der Waals surface area contributed by atoms with Crippen molar-refractivity contribution in [3.8, 4) is 0 Å². The average Bonchev–Trinajstić information content (AvgIpc) is 3.48. The molecule has 2 saturated heterocycles. The number of aliphatic hydroxyl groups is 1. The first kappa shape index (κ1) is 37.2. The first-order chi connectivity index (χ1) is 20.8. The van der Waals surface area contributed by atoms with Gasteiger partial charge in [0, 0.05) is 47.4 Å². The summed E-state index contributed by atoms with van der Waals surface area (Å²) in [5, 5.41) is 17.2. The van der Waals surface area contributed by atoms with Gasteiger partial charge in [-0.1, -0.05) is 27.2 Å². The Morgan fingerprint density at radius 2 is 1.82 bits per heavy atom. The summed E-state index contributed by atoms with van der Waals surface area (Å²) in [5.41, 5.74) is -1.05. The van der Waals surface area contributed by atoms with E-state index in [0.29, 0.717) is 26.1 Å². The topological polar surface area (TPSA) is 170 Å². The fourth-order valence-corrected chi connectivity index (χ4v) is 6.29. The molecule has 0 aromatic carbocycles. The lowest BCUT2D eigenvalue weighted by molar-refractivity contribution is -0.145. The minimum absolute atomic E-state index is 0.0184. The number of rotatable bonds is 15. The van der Waals surface area contributed by atoms with Crippen molar-refractivity contribution >= 4 is 29.7 Å². The number of carbonyl (C=O) groups is 5. The molecule has 0 radical (unpaired) electrons. The number of hydrogen-bond donors (Lipinski definition) is 4. The van der Waals surface area contributed by atoms with E-state index in [1.165, 1.54) is 24.0 Å². The zero-order chi connectivity index (χ0) is 33.2. The van der Waals surface area contributed by atoms with Crippen molar-refractivity contribution in [2.24, 2.45) is 11.8 Å². The van der Waals surface area contributed by atoms with Gasteiger partial charge in [0.2, 0.25) is 23.6 Å². The summed E-state index contributed by atoms with van der Waals surface area (Å²) < 4.78 is 11.6. The Bertz CT molecular complexity index is 1010. The number of methoxy groups -OCH3 is 2. The lowest BCUT2D eigenvalue weighted by Crippen LogP contribution is -2.65. The van der Waals surface area contributed by atoms with E-state index in [9.17, 15) is 24.0 Å². The molecule has 0 unspecified atom stereocenters. The Morgan fingerprint density at radius 1 is 1.14 bits per heavy atom. The van der Waals surface area contributed by atoms with E-state index in [0.717, 1.165) is 12.8 Å². The van der Waals surface area contributed by atoms with E-state index in [1.54, 1.807) is 32.7 Å². The lowest BCUT2D eigenvalue weighted by atomic mass is 9.90. The predicted molar refractivity (Wildman–Crippen MR) is 163 cm³/mol. The molecule has 44 heavy (non-hydrogen) atoms. The molecular weight excluding hydrogens is 572 g/mol. The normalized spacial score (nSPS) is 21.5. The first-order valence-corrected chi connectivity index (χ1v) is 15.6. The lowest BCUT2D eigenvalue weighted by Gasteiger charge is -2.41. The second-order valence-electron chi connectivity index (χ2n) is 12.3. The molecule has 14 nitrogen and oxygen atoms in total. The minimum atomic E-state index is -1.05. The van der Waals surface area contributed by atoms with Gasteiger partial charge in [-0.3, -0.25) is 19.2 Å². The number of carbonyl (C=O) groups excluding carboxylic acids is 5. The number of likely N-dealkylation sites (tertiary alicyclic amines) is 1. The number of hydrogen-bond acceptors (Lipinski definition) is 8. The fraction of sp³-hybridized carbons (Fsp3) is 0.833. The average molecular weight is 627 g/mol. The highest BCUT2D eigenvalue weighted by Crippen LogP contribution is 2.29. The van der Waals surface area contributed by atoms with Gasteiger partial charge in [-0.2, -0.15) is 0 Å². The van der Waals surface area contributed by atoms with Crippen LogP contribution in [0.2, 0.25) is 0 Å². The third kappa shape index (κ3) is 8.81. The molecular formula is C30H54N6O8. The summed E-state index contributed by atoms with van der Waals surface area (Å²) >= 11 is 0. The molecule has 0 aromatic heterocycles. The van der Waals surface area contributed by atoms with Crippen LogP contribution >= 0.6 is 0 Å². The monoisotopic (exact) mass is 626 g/mol. The number of aliphatic hydroxyl groups excluding tert-OH is 1. The third-order valence-electron chi connectivity index (χ3n) is 9.20. The van der Waals surface area contributed by atoms with Crippen molar-refractivity contribution in [3.63, 3.8) is 0 Å². The van der Waals surface area contributed by atoms with Crippen molar-refractivity contribution in [2.75, 3.05) is 60.6 Å². The van der Waals surface area contributed by atoms with Gasteiger partial charge >= 0.3 is 6.03 Å². The fourth-order valence-electron chi connectivity index (χ4n) is 6.29. The number of nitrogens with one attached hydrogen (secondary N) is 3. The van der Waals surface area contributed by atoms with Crippen molar-refractivity contribution < 1.29 is 38.6 Å². The van der Waals surface area contributed by atoms with Crippen LogP contribution in [0.1, 0.15) is 60.3 Å². The standard InChI is InChI=1S/C30H54N6O8/c1-9-19(2)25(34(6)24(39)18-33-29(42)36-15-12-32-28(41)30(36,4)5)22(43-7)17-23(38)35-14-10-11-21(35)26(44-8)20(3)27(40)31-13-16-37/h19-22,25-26,37H,9-18H2,1-8H3,(H,31,40)(H,32,41)(H,33,42)/t19-,20+,21-,22+,25-,26+/m0/s1. The molecule has 6 atom stereocenters. The SMILES string of the molecule is CC[C@H](C)[C@@H]([C@@H](CC(=O)N1CCC[C@H]1[C@H](OC)[C@@H](C)C(=O)NCCO)OC)N(C)C(=O)CNC(=O)N1CCNC(=O)C1(C)C. The van der Waals surface area contributed by atoms with Crippen molar-refractivity contribution in [2.45, 2.75) is 90.1 Å². The second-order valence-corrected chi connectivity index (χ2v) is 12.3. The van der Waals surface area contributed by atoms with Gasteiger partial charge in [0.05, 0.1) is 49.8 Å². The molecule has 2 fully saturated rings. The number of urea groups is 1. The Balaban J connectivity index is 2.13. The van der Waals surface area contributed by atoms with Crippen LogP contribution < -0.4 is 16.0 Å². The van der Waals surface area contributed by atoms with Crippen molar-refractivity contribution in [1.82, 2.24) is 30.7 Å². The van der Waals surface area contributed by atoms with Crippen molar-refractivity contribution in [3.05, 3.63) is 0 Å². The summed E-state index contributed by atoms with van der Waals surface area (Å²) in [4.78, 5) is 69.6. The van der Waals surface area contributed by atoms with Crippen LogP contribution in [0.5, 0.6) is 0 Å². The Labute approximate surface area is 261 Å². The van der Waals surface area contributed by atoms with E-state index in [-0.39, 0.29) is 61.7 Å². The molecule has 4 N–H and O–H groups in total. The quantitative estimate of drug-likeness (QED) is 0.196. The number of ether oxygens (including phenoxy) is 2. The molecule has 2 aliphatic heterocycles. The highest BCUT2D eigenvalue weighted by molar-refractivity contribution is 5.92. The smallest absolute Gasteiger partial charge is 0.318 e. The third-order valence-corrected chi connectivity index (χ3v) is 9.20. The van der Waals surface area contributed by atoms with E-state index < -0.39 is 35.7 Å². The predicted octanol–water partition coefficient (Wildman–Crippen LogP) is -0.0648. The molecule has 0 aromatic rings. The first-order valence-electron chi connectivity index (χ1n) is 15.6. The molecule has 0 spiro atoms. The Morgan fingerprint density at radius 3 is 2.41 bits per heavy atom. The molecule has 0 bridgehead atoms. The maximum Gasteiger partial charge on any atom is 0.318 e. The van der Waals surface area contributed by atoms with Crippen LogP contribution in [0.25, 0.3) is 0 Å².